The van der Waals surface area contributed by atoms with Gasteiger partial charge in [-0.05, 0) is 6.42 Å². The van der Waals surface area contributed by atoms with Gasteiger partial charge in [-0.3, -0.25) is 4.79 Å². The second-order valence-corrected chi connectivity index (χ2v) is 4.40. The fraction of sp³-hybridized carbons (Fsp3) is 0.455. The molecule has 1 amide bonds. The number of primary amides is 1. The van der Waals surface area contributed by atoms with Crippen molar-refractivity contribution in [1.82, 2.24) is 20.0 Å². The Morgan fingerprint density at radius 3 is 2.78 bits per heavy atom. The highest BCUT2D eigenvalue weighted by Gasteiger charge is 2.43. The minimum atomic E-state index is -0.981. The number of nitrogens with two attached hydrogens (primary N) is 2. The van der Waals surface area contributed by atoms with Crippen molar-refractivity contribution in [2.45, 2.75) is 25.4 Å². The Labute approximate surface area is 105 Å². The maximum atomic E-state index is 11.6. The Morgan fingerprint density at radius 1 is 1.61 bits per heavy atom. The van der Waals surface area contributed by atoms with Crippen molar-refractivity contribution < 1.29 is 4.79 Å². The minimum Gasteiger partial charge on any atom is -0.399 e. The molecule has 1 aromatic heterocycles. The summed E-state index contributed by atoms with van der Waals surface area (Å²) >= 11 is 0. The number of carbonyl (C=O) groups excluding carboxylic acids is 1. The lowest BCUT2D eigenvalue weighted by Crippen LogP contribution is -2.57. The van der Waals surface area contributed by atoms with Gasteiger partial charge in [0.1, 0.15) is 5.82 Å². The number of carbonyl (C=O) groups is 1. The SMILES string of the molecule is CCC1(C(N)=O)NN(Cc2nccn2C)C=C1N. The number of imidazole rings is 1. The van der Waals surface area contributed by atoms with Gasteiger partial charge in [0.15, 0.2) is 5.54 Å². The van der Waals surface area contributed by atoms with Crippen LogP contribution in [-0.2, 0) is 18.4 Å². The molecule has 1 aliphatic rings. The maximum absolute atomic E-state index is 11.6. The summed E-state index contributed by atoms with van der Waals surface area (Å²) in [6.45, 7) is 2.38. The van der Waals surface area contributed by atoms with Crippen LogP contribution in [0, 0.1) is 0 Å². The van der Waals surface area contributed by atoms with Crippen LogP contribution in [0.25, 0.3) is 0 Å². The molecule has 1 unspecified atom stereocenters. The molecule has 0 saturated heterocycles. The molecule has 0 fully saturated rings. The first-order valence-corrected chi connectivity index (χ1v) is 5.78. The number of aryl methyl sites for hydroxylation is 1. The molecule has 5 N–H and O–H groups in total. The molecule has 1 atom stereocenters. The van der Waals surface area contributed by atoms with Gasteiger partial charge < -0.3 is 21.0 Å². The third kappa shape index (κ3) is 1.82. The van der Waals surface area contributed by atoms with Gasteiger partial charge in [-0.15, -0.1) is 0 Å². The number of hydrazine groups is 1. The Bertz CT molecular complexity index is 493. The van der Waals surface area contributed by atoms with Gasteiger partial charge in [-0.1, -0.05) is 6.92 Å². The van der Waals surface area contributed by atoms with Crippen LogP contribution in [0.5, 0.6) is 0 Å². The fourth-order valence-corrected chi connectivity index (χ4v) is 2.06. The van der Waals surface area contributed by atoms with Gasteiger partial charge in [0, 0.05) is 25.6 Å². The summed E-state index contributed by atoms with van der Waals surface area (Å²) in [6.07, 6.45) is 5.78. The van der Waals surface area contributed by atoms with E-state index in [2.05, 4.69) is 10.4 Å². The lowest BCUT2D eigenvalue weighted by Gasteiger charge is -2.28. The molecule has 0 radical (unpaired) electrons. The molecule has 0 bridgehead atoms. The first kappa shape index (κ1) is 12.4. The summed E-state index contributed by atoms with van der Waals surface area (Å²) in [5, 5.41) is 1.74. The van der Waals surface area contributed by atoms with Crippen molar-refractivity contribution in [3.63, 3.8) is 0 Å². The third-order valence-corrected chi connectivity index (χ3v) is 3.31. The first-order chi connectivity index (χ1) is 8.49. The summed E-state index contributed by atoms with van der Waals surface area (Å²) in [5.41, 5.74) is 13.9. The smallest absolute Gasteiger partial charge is 0.245 e. The summed E-state index contributed by atoms with van der Waals surface area (Å²) in [4.78, 5) is 15.8. The predicted molar refractivity (Wildman–Crippen MR) is 66.4 cm³/mol. The molecule has 0 saturated carbocycles. The van der Waals surface area contributed by atoms with E-state index in [-0.39, 0.29) is 0 Å². The average molecular weight is 250 g/mol. The summed E-state index contributed by atoms with van der Waals surface area (Å²) in [7, 11) is 1.91. The van der Waals surface area contributed by atoms with Crippen LogP contribution < -0.4 is 16.9 Å². The topological polar surface area (TPSA) is 102 Å². The van der Waals surface area contributed by atoms with Gasteiger partial charge in [0.25, 0.3) is 0 Å². The zero-order chi connectivity index (χ0) is 13.3. The molecule has 2 heterocycles. The van der Waals surface area contributed by atoms with Crippen molar-refractivity contribution in [3.8, 4) is 0 Å². The van der Waals surface area contributed by atoms with Crippen molar-refractivity contribution in [3.05, 3.63) is 30.1 Å². The molecule has 0 aromatic carbocycles. The summed E-state index contributed by atoms with van der Waals surface area (Å²) in [5.74, 6) is 0.393. The number of nitrogens with one attached hydrogen (secondary N) is 1. The highest BCUT2D eigenvalue weighted by molar-refractivity contribution is 5.88. The quantitative estimate of drug-likeness (QED) is 0.647. The predicted octanol–water partition coefficient (Wildman–Crippen LogP) is -0.825. The fourth-order valence-electron chi connectivity index (χ4n) is 2.06. The number of nitrogens with zero attached hydrogens (tertiary/aromatic N) is 3. The zero-order valence-corrected chi connectivity index (χ0v) is 10.6. The number of hydrogen-bond donors (Lipinski definition) is 3. The highest BCUT2D eigenvalue weighted by atomic mass is 16.2. The lowest BCUT2D eigenvalue weighted by molar-refractivity contribution is -0.124. The second kappa shape index (κ2) is 4.34. The second-order valence-electron chi connectivity index (χ2n) is 4.40. The van der Waals surface area contributed by atoms with Gasteiger partial charge >= 0.3 is 0 Å². The molecular formula is C11H18N6O. The van der Waals surface area contributed by atoms with E-state index in [9.17, 15) is 4.79 Å². The standard InChI is InChI=1S/C11H18N6O/c1-3-11(10(13)18)8(12)6-17(15-11)7-9-14-4-5-16(9)2/h4-6,15H,3,7,12H2,1-2H3,(H2,13,18). The number of hydrogen-bond acceptors (Lipinski definition) is 5. The van der Waals surface area contributed by atoms with E-state index in [0.717, 1.165) is 5.82 Å². The van der Waals surface area contributed by atoms with E-state index in [1.807, 2.05) is 24.7 Å². The number of amides is 1. The molecule has 1 aliphatic heterocycles. The Morgan fingerprint density at radius 2 is 2.33 bits per heavy atom. The van der Waals surface area contributed by atoms with Crippen LogP contribution in [-0.4, -0.2) is 26.0 Å². The van der Waals surface area contributed by atoms with E-state index in [4.69, 9.17) is 11.5 Å². The molecule has 7 heteroatoms. The molecule has 2 rings (SSSR count). The Balaban J connectivity index is 2.17. The molecule has 7 nitrogen and oxygen atoms in total. The van der Waals surface area contributed by atoms with E-state index in [0.29, 0.717) is 18.7 Å². The molecular weight excluding hydrogens is 232 g/mol. The molecule has 1 aromatic rings. The van der Waals surface area contributed by atoms with Crippen molar-refractivity contribution in [2.75, 3.05) is 0 Å². The van der Waals surface area contributed by atoms with Gasteiger partial charge in [-0.2, -0.15) is 0 Å². The van der Waals surface area contributed by atoms with Crippen LogP contribution in [0.1, 0.15) is 19.2 Å². The van der Waals surface area contributed by atoms with Crippen LogP contribution in [0.15, 0.2) is 24.3 Å². The summed E-state index contributed by atoms with van der Waals surface area (Å²) in [6, 6.07) is 0. The van der Waals surface area contributed by atoms with E-state index in [1.54, 1.807) is 17.4 Å². The monoisotopic (exact) mass is 250 g/mol. The molecule has 18 heavy (non-hydrogen) atoms. The molecule has 0 spiro atoms. The van der Waals surface area contributed by atoms with E-state index >= 15 is 0 Å². The van der Waals surface area contributed by atoms with Crippen LogP contribution in [0.3, 0.4) is 0 Å². The minimum absolute atomic E-state index is 0.437. The summed E-state index contributed by atoms with van der Waals surface area (Å²) < 4.78 is 1.90. The van der Waals surface area contributed by atoms with Crippen LogP contribution >= 0.6 is 0 Å². The van der Waals surface area contributed by atoms with Gasteiger partial charge in [-0.25, -0.2) is 10.4 Å². The van der Waals surface area contributed by atoms with Gasteiger partial charge in [0.2, 0.25) is 5.91 Å². The lowest BCUT2D eigenvalue weighted by atomic mass is 9.94. The van der Waals surface area contributed by atoms with Crippen molar-refractivity contribution >= 4 is 5.91 Å². The third-order valence-electron chi connectivity index (χ3n) is 3.31. The molecule has 98 valence electrons. The van der Waals surface area contributed by atoms with Crippen LogP contribution in [0.2, 0.25) is 0 Å². The average Bonchev–Trinajstić information content (AvgIpc) is 2.85. The first-order valence-electron chi connectivity index (χ1n) is 5.78. The largest absolute Gasteiger partial charge is 0.399 e. The number of rotatable bonds is 4. The van der Waals surface area contributed by atoms with Crippen molar-refractivity contribution in [2.24, 2.45) is 18.5 Å². The van der Waals surface area contributed by atoms with Crippen molar-refractivity contribution in [1.29, 1.82) is 0 Å². The molecule has 0 aliphatic carbocycles. The highest BCUT2D eigenvalue weighted by Crippen LogP contribution is 2.24. The van der Waals surface area contributed by atoms with E-state index < -0.39 is 11.4 Å². The van der Waals surface area contributed by atoms with Crippen LogP contribution in [0.4, 0.5) is 0 Å². The maximum Gasteiger partial charge on any atom is 0.245 e. The Hall–Kier alpha value is -2.02. The zero-order valence-electron chi connectivity index (χ0n) is 10.6. The number of aromatic nitrogens is 2. The van der Waals surface area contributed by atoms with E-state index in [1.165, 1.54) is 0 Å². The normalized spacial score (nSPS) is 23.2. The van der Waals surface area contributed by atoms with Gasteiger partial charge in [0.05, 0.1) is 12.2 Å². The Kier molecular flexibility index (Phi) is 3.00.